The molecule has 1 N–H and O–H groups in total. The smallest absolute Gasteiger partial charge is 0.0599 e. The number of benzene rings is 1. The van der Waals surface area contributed by atoms with E-state index in [1.807, 2.05) is 37.9 Å². The van der Waals surface area contributed by atoms with Crippen LogP contribution in [0, 0.1) is 6.92 Å². The van der Waals surface area contributed by atoms with Crippen LogP contribution >= 0.6 is 0 Å². The lowest BCUT2D eigenvalue weighted by atomic mass is 9.94. The van der Waals surface area contributed by atoms with Gasteiger partial charge in [-0.05, 0) is 42.1 Å². The number of pyridine rings is 2. The molecule has 0 aliphatic heterocycles. The van der Waals surface area contributed by atoms with Gasteiger partial charge in [-0.2, -0.15) is 0 Å². The Morgan fingerprint density at radius 2 is 1.80 bits per heavy atom. The van der Waals surface area contributed by atoms with Crippen molar-refractivity contribution in [2.75, 3.05) is 7.05 Å². The van der Waals surface area contributed by atoms with E-state index < -0.39 is 0 Å². The number of nitrogens with zero attached hydrogens (tertiary/aromatic N) is 2. The van der Waals surface area contributed by atoms with Gasteiger partial charge in [0.1, 0.15) is 0 Å². The lowest BCUT2D eigenvalue weighted by Crippen LogP contribution is -2.19. The van der Waals surface area contributed by atoms with Crippen molar-refractivity contribution in [3.8, 4) is 0 Å². The van der Waals surface area contributed by atoms with Crippen molar-refractivity contribution in [3.63, 3.8) is 0 Å². The quantitative estimate of drug-likeness (QED) is 0.788. The first-order valence-corrected chi connectivity index (χ1v) is 6.71. The number of nitrogens with one attached hydrogen (secondary N) is 1. The molecular formula is C17H17N3. The van der Waals surface area contributed by atoms with Gasteiger partial charge in [0.25, 0.3) is 0 Å². The third-order valence-electron chi connectivity index (χ3n) is 3.67. The standard InChI is InChI=1S/C17H17N3/c1-12-9-19-8-7-14(12)17(18-2)16-11-20-10-13-5-3-4-6-15(13)16/h3-11,17-18H,1-2H3. The highest BCUT2D eigenvalue weighted by molar-refractivity contribution is 5.85. The van der Waals surface area contributed by atoms with Gasteiger partial charge in [-0.15, -0.1) is 0 Å². The molecule has 0 saturated heterocycles. The Morgan fingerprint density at radius 1 is 0.950 bits per heavy atom. The van der Waals surface area contributed by atoms with Gasteiger partial charge in [-0.3, -0.25) is 9.97 Å². The largest absolute Gasteiger partial charge is 0.309 e. The molecule has 3 aromatic rings. The maximum absolute atomic E-state index is 4.38. The van der Waals surface area contributed by atoms with Crippen LogP contribution < -0.4 is 5.32 Å². The van der Waals surface area contributed by atoms with Crippen LogP contribution in [-0.2, 0) is 0 Å². The highest BCUT2D eigenvalue weighted by atomic mass is 14.9. The molecular weight excluding hydrogens is 246 g/mol. The Kier molecular flexibility index (Phi) is 3.44. The zero-order chi connectivity index (χ0) is 13.9. The molecule has 0 radical (unpaired) electrons. The van der Waals surface area contributed by atoms with E-state index in [2.05, 4.69) is 46.5 Å². The van der Waals surface area contributed by atoms with Crippen LogP contribution in [-0.4, -0.2) is 17.0 Å². The molecule has 100 valence electrons. The van der Waals surface area contributed by atoms with Crippen molar-refractivity contribution < 1.29 is 0 Å². The van der Waals surface area contributed by atoms with Crippen molar-refractivity contribution in [2.45, 2.75) is 13.0 Å². The van der Waals surface area contributed by atoms with E-state index >= 15 is 0 Å². The fourth-order valence-electron chi connectivity index (χ4n) is 2.66. The van der Waals surface area contributed by atoms with Crippen molar-refractivity contribution in [2.24, 2.45) is 0 Å². The van der Waals surface area contributed by atoms with Crippen LogP contribution in [0.2, 0.25) is 0 Å². The van der Waals surface area contributed by atoms with Gasteiger partial charge < -0.3 is 5.32 Å². The average molecular weight is 263 g/mol. The number of aromatic nitrogens is 2. The normalized spacial score (nSPS) is 12.5. The first-order chi connectivity index (χ1) is 9.81. The molecule has 1 unspecified atom stereocenters. The van der Waals surface area contributed by atoms with Gasteiger partial charge in [0.05, 0.1) is 6.04 Å². The summed E-state index contributed by atoms with van der Waals surface area (Å²) >= 11 is 0. The molecule has 0 spiro atoms. The Hall–Kier alpha value is -2.26. The molecule has 0 aliphatic rings. The Labute approximate surface area is 118 Å². The molecule has 3 rings (SSSR count). The number of hydrogen-bond donors (Lipinski definition) is 1. The first kappa shape index (κ1) is 12.8. The van der Waals surface area contributed by atoms with Crippen LogP contribution in [0.3, 0.4) is 0 Å². The van der Waals surface area contributed by atoms with E-state index in [1.54, 1.807) is 0 Å². The minimum absolute atomic E-state index is 0.122. The van der Waals surface area contributed by atoms with Gasteiger partial charge in [0.2, 0.25) is 0 Å². The number of fused-ring (bicyclic) bond motifs is 1. The monoisotopic (exact) mass is 263 g/mol. The number of rotatable bonds is 3. The summed E-state index contributed by atoms with van der Waals surface area (Å²) in [5, 5.41) is 5.80. The predicted octanol–water partition coefficient (Wildman–Crippen LogP) is 3.25. The second kappa shape index (κ2) is 5.39. The summed E-state index contributed by atoms with van der Waals surface area (Å²) in [7, 11) is 1.98. The zero-order valence-corrected chi connectivity index (χ0v) is 11.7. The average Bonchev–Trinajstić information content (AvgIpc) is 2.50. The van der Waals surface area contributed by atoms with Crippen LogP contribution in [0.5, 0.6) is 0 Å². The summed E-state index contributed by atoms with van der Waals surface area (Å²) in [6.07, 6.45) is 7.60. The maximum Gasteiger partial charge on any atom is 0.0599 e. The van der Waals surface area contributed by atoms with Crippen molar-refractivity contribution in [1.82, 2.24) is 15.3 Å². The molecule has 0 bridgehead atoms. The number of hydrogen-bond acceptors (Lipinski definition) is 3. The second-order valence-corrected chi connectivity index (χ2v) is 4.90. The van der Waals surface area contributed by atoms with Gasteiger partial charge in [0, 0.05) is 30.2 Å². The van der Waals surface area contributed by atoms with E-state index in [0.29, 0.717) is 0 Å². The molecule has 3 nitrogen and oxygen atoms in total. The first-order valence-electron chi connectivity index (χ1n) is 6.71. The lowest BCUT2D eigenvalue weighted by Gasteiger charge is -2.20. The van der Waals surface area contributed by atoms with Crippen LogP contribution in [0.4, 0.5) is 0 Å². The summed E-state index contributed by atoms with van der Waals surface area (Å²) < 4.78 is 0. The Balaban J connectivity index is 2.20. The van der Waals surface area contributed by atoms with Crippen LogP contribution in [0.15, 0.2) is 55.1 Å². The summed E-state index contributed by atoms with van der Waals surface area (Å²) in [5.41, 5.74) is 3.61. The summed E-state index contributed by atoms with van der Waals surface area (Å²) in [4.78, 5) is 8.56. The van der Waals surface area contributed by atoms with Crippen molar-refractivity contribution >= 4 is 10.8 Å². The van der Waals surface area contributed by atoms with E-state index in [4.69, 9.17) is 0 Å². The number of aryl methyl sites for hydroxylation is 1. The Morgan fingerprint density at radius 3 is 2.60 bits per heavy atom. The van der Waals surface area contributed by atoms with E-state index in [9.17, 15) is 0 Å². The highest BCUT2D eigenvalue weighted by Gasteiger charge is 2.16. The van der Waals surface area contributed by atoms with Gasteiger partial charge in [-0.25, -0.2) is 0 Å². The molecule has 2 heterocycles. The predicted molar refractivity (Wildman–Crippen MR) is 81.6 cm³/mol. The zero-order valence-electron chi connectivity index (χ0n) is 11.7. The third kappa shape index (κ3) is 2.17. The molecule has 0 fully saturated rings. The topological polar surface area (TPSA) is 37.8 Å². The fourth-order valence-corrected chi connectivity index (χ4v) is 2.66. The second-order valence-electron chi connectivity index (χ2n) is 4.90. The summed E-state index contributed by atoms with van der Waals surface area (Å²) in [6.45, 7) is 2.09. The highest BCUT2D eigenvalue weighted by Crippen LogP contribution is 2.29. The molecule has 1 atom stereocenters. The molecule has 20 heavy (non-hydrogen) atoms. The van der Waals surface area contributed by atoms with E-state index in [0.717, 1.165) is 5.39 Å². The van der Waals surface area contributed by atoms with Crippen molar-refractivity contribution in [1.29, 1.82) is 0 Å². The molecule has 0 saturated carbocycles. The van der Waals surface area contributed by atoms with E-state index in [1.165, 1.54) is 22.1 Å². The maximum atomic E-state index is 4.38. The molecule has 3 heteroatoms. The molecule has 0 amide bonds. The Bertz CT molecular complexity index is 732. The van der Waals surface area contributed by atoms with Crippen LogP contribution in [0.1, 0.15) is 22.7 Å². The molecule has 2 aromatic heterocycles. The van der Waals surface area contributed by atoms with E-state index in [-0.39, 0.29) is 6.04 Å². The SMILES string of the molecule is CNC(c1ccncc1C)c1cncc2ccccc12. The van der Waals surface area contributed by atoms with Crippen molar-refractivity contribution in [3.05, 3.63) is 71.8 Å². The third-order valence-corrected chi connectivity index (χ3v) is 3.67. The molecule has 0 aliphatic carbocycles. The minimum Gasteiger partial charge on any atom is -0.309 e. The molecule has 1 aromatic carbocycles. The van der Waals surface area contributed by atoms with Gasteiger partial charge in [-0.1, -0.05) is 24.3 Å². The van der Waals surface area contributed by atoms with Gasteiger partial charge in [0.15, 0.2) is 0 Å². The lowest BCUT2D eigenvalue weighted by molar-refractivity contribution is 0.688. The van der Waals surface area contributed by atoms with Crippen LogP contribution in [0.25, 0.3) is 10.8 Å². The minimum atomic E-state index is 0.122. The fraction of sp³-hybridized carbons (Fsp3) is 0.176. The summed E-state index contributed by atoms with van der Waals surface area (Å²) in [6, 6.07) is 10.5. The summed E-state index contributed by atoms with van der Waals surface area (Å²) in [5.74, 6) is 0. The van der Waals surface area contributed by atoms with Gasteiger partial charge >= 0.3 is 0 Å².